The van der Waals surface area contributed by atoms with E-state index in [-0.39, 0.29) is 10.8 Å². The Kier molecular flexibility index (Phi) is 6.48. The van der Waals surface area contributed by atoms with E-state index < -0.39 is 0 Å². The fraction of sp³-hybridized carbons (Fsp3) is 0.0517. The van der Waals surface area contributed by atoms with Gasteiger partial charge >= 0.3 is 0 Å². The van der Waals surface area contributed by atoms with Gasteiger partial charge in [-0.2, -0.15) is 0 Å². The first kappa shape index (κ1) is 33.8. The van der Waals surface area contributed by atoms with Crippen LogP contribution in [-0.2, 0) is 5.41 Å². The fourth-order valence-corrected chi connectivity index (χ4v) is 11.2. The molecule has 14 rings (SSSR count). The SMILES string of the molecule is CC1(C)c2cc3c4ccccc4c4ccccc4c3cc2-c2cc3c(=O)c4ccccc4n(-c4cccc(-n5c6ccccc6c6cc7c(cc65)oc5ccccc57)c4)c3cc21. The third kappa shape index (κ3) is 4.33. The summed E-state index contributed by atoms with van der Waals surface area (Å²) < 4.78 is 11.1. The molecule has 0 aliphatic heterocycles. The van der Waals surface area contributed by atoms with Crippen LogP contribution in [0.25, 0.3) is 120 Å². The van der Waals surface area contributed by atoms with E-state index in [1.165, 1.54) is 59.8 Å². The predicted molar refractivity (Wildman–Crippen MR) is 259 cm³/mol. The van der Waals surface area contributed by atoms with Crippen LogP contribution in [-0.4, -0.2) is 9.13 Å². The Bertz CT molecular complexity index is 4220. The molecule has 62 heavy (non-hydrogen) atoms. The standard InChI is InChI=1S/C58H36N2O2/c1-58(2)49-30-43-38-19-6-4-17-36(38)35-16-3-5-18-37(35)42(43)27-44(49)45-28-48-53(31-50(45)58)60(52-24-11-8-22-41(52)57(48)61)34-15-13-14-33(26-34)59-51-23-10-7-20-39(51)46-29-47-40-21-9-12-25-55(40)62-56(47)32-54(46)59/h3-32H,1-2H3. The number of benzene rings is 10. The second-order valence-corrected chi connectivity index (χ2v) is 17.6. The topological polar surface area (TPSA) is 40.1 Å². The highest BCUT2D eigenvalue weighted by Gasteiger charge is 2.37. The highest BCUT2D eigenvalue weighted by atomic mass is 16.3. The summed E-state index contributed by atoms with van der Waals surface area (Å²) in [5.74, 6) is 0. The lowest BCUT2D eigenvalue weighted by atomic mass is 9.81. The van der Waals surface area contributed by atoms with Gasteiger partial charge in [-0.25, -0.2) is 0 Å². The van der Waals surface area contributed by atoms with Crippen molar-refractivity contribution < 1.29 is 4.42 Å². The van der Waals surface area contributed by atoms with Crippen molar-refractivity contribution in [3.8, 4) is 22.5 Å². The van der Waals surface area contributed by atoms with Crippen molar-refractivity contribution >= 4 is 97.9 Å². The largest absolute Gasteiger partial charge is 0.456 e. The molecule has 3 aromatic heterocycles. The maximum Gasteiger partial charge on any atom is 0.197 e. The quantitative estimate of drug-likeness (QED) is 0.129. The number of hydrogen-bond acceptors (Lipinski definition) is 2. The summed E-state index contributed by atoms with van der Waals surface area (Å²) in [5.41, 5.74) is 12.3. The highest BCUT2D eigenvalue weighted by molar-refractivity contribution is 6.26. The summed E-state index contributed by atoms with van der Waals surface area (Å²) in [6.45, 7) is 4.67. The average Bonchev–Trinajstić information content (AvgIpc) is 3.91. The minimum atomic E-state index is -0.320. The predicted octanol–water partition coefficient (Wildman–Crippen LogP) is 14.9. The Morgan fingerprint density at radius 3 is 1.53 bits per heavy atom. The van der Waals surface area contributed by atoms with Crippen molar-refractivity contribution in [3.05, 3.63) is 203 Å². The first-order valence-corrected chi connectivity index (χ1v) is 21.4. The van der Waals surface area contributed by atoms with E-state index >= 15 is 0 Å². The molecule has 0 saturated heterocycles. The second kappa shape index (κ2) is 11.9. The minimum absolute atomic E-state index is 0.0477. The van der Waals surface area contributed by atoms with Crippen molar-refractivity contribution in [1.82, 2.24) is 9.13 Å². The van der Waals surface area contributed by atoms with E-state index in [0.717, 1.165) is 60.9 Å². The Morgan fingerprint density at radius 1 is 0.355 bits per heavy atom. The molecular weight excluding hydrogens is 757 g/mol. The molecule has 0 amide bonds. The van der Waals surface area contributed by atoms with Crippen LogP contribution in [0.3, 0.4) is 0 Å². The summed E-state index contributed by atoms with van der Waals surface area (Å²) in [4.78, 5) is 14.8. The lowest BCUT2D eigenvalue weighted by molar-refractivity contribution is 0.662. The minimum Gasteiger partial charge on any atom is -0.456 e. The first-order chi connectivity index (χ1) is 30.4. The Hall–Kier alpha value is -7.95. The second-order valence-electron chi connectivity index (χ2n) is 17.6. The molecular formula is C58H36N2O2. The van der Waals surface area contributed by atoms with Crippen LogP contribution in [0.2, 0.25) is 0 Å². The Morgan fingerprint density at radius 2 is 0.855 bits per heavy atom. The zero-order valence-corrected chi connectivity index (χ0v) is 34.0. The van der Waals surface area contributed by atoms with Gasteiger partial charge in [-0.05, 0) is 127 Å². The van der Waals surface area contributed by atoms with Gasteiger partial charge in [0.15, 0.2) is 5.43 Å². The van der Waals surface area contributed by atoms with Gasteiger partial charge in [-0.15, -0.1) is 0 Å². The van der Waals surface area contributed by atoms with Crippen LogP contribution in [0, 0.1) is 0 Å². The molecule has 1 aliphatic carbocycles. The normalized spacial score (nSPS) is 13.5. The van der Waals surface area contributed by atoms with E-state index in [4.69, 9.17) is 4.42 Å². The zero-order chi connectivity index (χ0) is 41.0. The lowest BCUT2D eigenvalue weighted by Gasteiger charge is -2.24. The van der Waals surface area contributed by atoms with Crippen molar-refractivity contribution in [3.63, 3.8) is 0 Å². The first-order valence-electron chi connectivity index (χ1n) is 21.4. The summed E-state index contributed by atoms with van der Waals surface area (Å²) >= 11 is 0. The molecule has 290 valence electrons. The van der Waals surface area contributed by atoms with Gasteiger partial charge in [-0.3, -0.25) is 4.79 Å². The molecule has 3 heterocycles. The molecule has 0 saturated carbocycles. The third-order valence-corrected chi connectivity index (χ3v) is 14.0. The molecule has 0 atom stereocenters. The number of nitrogens with zero attached hydrogens (tertiary/aromatic N) is 2. The van der Waals surface area contributed by atoms with Crippen LogP contribution >= 0.6 is 0 Å². The summed E-state index contributed by atoms with van der Waals surface area (Å²) in [6, 6.07) is 65.0. The van der Waals surface area contributed by atoms with E-state index in [2.05, 4.69) is 175 Å². The molecule has 0 fully saturated rings. The number of hydrogen-bond donors (Lipinski definition) is 0. The summed E-state index contributed by atoms with van der Waals surface area (Å²) in [5, 5.41) is 13.5. The third-order valence-electron chi connectivity index (χ3n) is 14.0. The van der Waals surface area contributed by atoms with Crippen LogP contribution in [0.15, 0.2) is 191 Å². The fourth-order valence-electron chi connectivity index (χ4n) is 11.2. The van der Waals surface area contributed by atoms with Crippen LogP contribution in [0.4, 0.5) is 0 Å². The lowest BCUT2D eigenvalue weighted by Crippen LogP contribution is -2.16. The Labute approximate surface area is 355 Å². The number of fused-ring (bicyclic) bond motifs is 17. The zero-order valence-electron chi connectivity index (χ0n) is 34.0. The van der Waals surface area contributed by atoms with E-state index in [1.54, 1.807) is 0 Å². The van der Waals surface area contributed by atoms with Crippen molar-refractivity contribution in [2.45, 2.75) is 19.3 Å². The van der Waals surface area contributed by atoms with Gasteiger partial charge in [0.1, 0.15) is 11.2 Å². The average molecular weight is 793 g/mol. The summed E-state index contributed by atoms with van der Waals surface area (Å²) in [6.07, 6.45) is 0. The number of pyridine rings is 1. The maximum atomic E-state index is 14.8. The number of para-hydroxylation sites is 3. The number of aromatic nitrogens is 2. The smallest absolute Gasteiger partial charge is 0.197 e. The van der Waals surface area contributed by atoms with Gasteiger partial charge in [0.25, 0.3) is 0 Å². The van der Waals surface area contributed by atoms with Crippen LogP contribution < -0.4 is 5.43 Å². The van der Waals surface area contributed by atoms with Gasteiger partial charge in [0, 0.05) is 55.2 Å². The van der Waals surface area contributed by atoms with E-state index in [1.807, 2.05) is 30.3 Å². The Balaban J connectivity index is 1.03. The monoisotopic (exact) mass is 792 g/mol. The molecule has 1 aliphatic rings. The molecule has 4 heteroatoms. The maximum absolute atomic E-state index is 14.8. The van der Waals surface area contributed by atoms with Gasteiger partial charge in [0.05, 0.1) is 22.1 Å². The number of furan rings is 1. The van der Waals surface area contributed by atoms with Gasteiger partial charge in [0.2, 0.25) is 0 Å². The van der Waals surface area contributed by atoms with Gasteiger partial charge < -0.3 is 13.6 Å². The summed E-state index contributed by atoms with van der Waals surface area (Å²) in [7, 11) is 0. The van der Waals surface area contributed by atoms with Crippen molar-refractivity contribution in [2.75, 3.05) is 0 Å². The van der Waals surface area contributed by atoms with E-state index in [9.17, 15) is 4.79 Å². The van der Waals surface area contributed by atoms with Crippen molar-refractivity contribution in [1.29, 1.82) is 0 Å². The molecule has 4 nitrogen and oxygen atoms in total. The molecule has 0 spiro atoms. The van der Waals surface area contributed by atoms with E-state index in [0.29, 0.717) is 10.8 Å². The molecule has 0 bridgehead atoms. The van der Waals surface area contributed by atoms with Crippen LogP contribution in [0.5, 0.6) is 0 Å². The van der Waals surface area contributed by atoms with Crippen LogP contribution in [0.1, 0.15) is 25.0 Å². The highest BCUT2D eigenvalue weighted by Crippen LogP contribution is 2.52. The number of rotatable bonds is 2. The molecule has 13 aromatic rings. The van der Waals surface area contributed by atoms with Gasteiger partial charge in [-0.1, -0.05) is 117 Å². The molecule has 0 radical (unpaired) electrons. The molecule has 10 aromatic carbocycles. The van der Waals surface area contributed by atoms with Crippen molar-refractivity contribution in [2.24, 2.45) is 0 Å². The molecule has 0 unspecified atom stereocenters. The molecule has 0 N–H and O–H groups in total.